The first-order valence-electron chi connectivity index (χ1n) is 2.38. The smallest absolute Gasteiger partial charge is 0.547 e. The first-order valence-corrected chi connectivity index (χ1v) is 2.38. The maximum absolute atomic E-state index is 10.5. The van der Waals surface area contributed by atoms with Crippen LogP contribution in [0.2, 0.25) is 0 Å². The molecule has 0 aromatic rings. The van der Waals surface area contributed by atoms with Crippen LogP contribution < -0.4 is 5.11 Å². The molecule has 0 aliphatic carbocycles. The van der Waals surface area contributed by atoms with Gasteiger partial charge in [-0.15, -0.1) is 0 Å². The van der Waals surface area contributed by atoms with Crippen LogP contribution in [0.1, 0.15) is 8.35 Å². The molecular weight excluding hydrogens is 149 g/mol. The van der Waals surface area contributed by atoms with E-state index in [1.54, 1.807) is 0 Å². The number of carbonyl (C=O) groups is 1. The summed E-state index contributed by atoms with van der Waals surface area (Å²) in [5, 5.41) is 8.88. The Kier molecular flexibility index (Phi) is 38.7. The summed E-state index contributed by atoms with van der Waals surface area (Å²) in [5.74, 6) is -1.66. The predicted molar refractivity (Wildman–Crippen MR) is 30.8 cm³/mol. The largest absolute Gasteiger partial charge is 1.00 e. The van der Waals surface area contributed by atoms with Gasteiger partial charge in [0.05, 0.1) is 19.8 Å². The van der Waals surface area contributed by atoms with Gasteiger partial charge in [0.15, 0.2) is 0 Å². The van der Waals surface area contributed by atoms with Crippen LogP contribution in [0.4, 0.5) is 13.2 Å². The Hall–Kier alpha value is -0.740. The third kappa shape index (κ3) is 179. The van der Waals surface area contributed by atoms with Gasteiger partial charge in [-0.3, -0.25) is 8.78 Å². The molecule has 64 valence electrons. The third-order valence-corrected chi connectivity index (χ3v) is 0.109. The number of hydrogen-bond donors (Lipinski definition) is 0. The van der Waals surface area contributed by atoms with Gasteiger partial charge in [-0.05, 0) is 6.92 Å². The molecule has 0 fully saturated rings. The minimum absolute atomic E-state index is 0. The molecule has 0 amide bonds. The predicted octanol–water partition coefficient (Wildman–Crippen LogP) is 0.380. The lowest BCUT2D eigenvalue weighted by molar-refractivity contribution is -0.306. The number of hydrogen-bond acceptors (Lipinski definition) is 2. The molecule has 0 spiro atoms. The molecule has 0 saturated carbocycles. The van der Waals surface area contributed by atoms with E-state index in [0.717, 1.165) is 0 Å². The standard InChI is InChI=1S/C2H3FO2.C2H5F.CH3F/c3-1-2(4)5;1-2-3;1-2/h1H2,(H,4,5);2H2,1H3;1H3. The molecule has 0 aliphatic heterocycles. The molecule has 0 aromatic heterocycles. The van der Waals surface area contributed by atoms with Gasteiger partial charge >= 0.3 is 1.43 Å². The average molecular weight is 160 g/mol. The Morgan fingerprint density at radius 2 is 1.60 bits per heavy atom. The van der Waals surface area contributed by atoms with Crippen molar-refractivity contribution < 1.29 is 24.5 Å². The van der Waals surface area contributed by atoms with Crippen molar-refractivity contribution in [1.29, 1.82) is 0 Å². The summed E-state index contributed by atoms with van der Waals surface area (Å²) in [6.07, 6.45) is 0. The lowest BCUT2D eigenvalue weighted by Crippen LogP contribution is -2.23. The summed E-state index contributed by atoms with van der Waals surface area (Å²) >= 11 is 0. The normalized spacial score (nSPS) is 6.10. The van der Waals surface area contributed by atoms with E-state index in [-0.39, 0.29) is 8.10 Å². The van der Waals surface area contributed by atoms with Crippen molar-refractivity contribution in [1.82, 2.24) is 0 Å². The highest BCUT2D eigenvalue weighted by molar-refractivity contribution is 5.65. The number of carbonyl (C=O) groups excluding carboxylic acids is 1. The van der Waals surface area contributed by atoms with Crippen LogP contribution in [0.3, 0.4) is 0 Å². The lowest BCUT2D eigenvalue weighted by Gasteiger charge is -1.84. The maximum Gasteiger partial charge on any atom is 1.00 e. The Balaban J connectivity index is -0.0000000360. The zero-order chi connectivity index (χ0) is 8.99. The second kappa shape index (κ2) is 24.0. The van der Waals surface area contributed by atoms with Gasteiger partial charge in [-0.2, -0.15) is 0 Å². The Morgan fingerprint density at radius 1 is 1.50 bits per heavy atom. The Bertz CT molecular complexity index is 63.7. The molecule has 0 aromatic carbocycles. The average Bonchev–Trinajstić information content (AvgIpc) is 1.94. The third-order valence-electron chi connectivity index (χ3n) is 0.109. The monoisotopic (exact) mass is 160 g/mol. The SMILES string of the molecule is CCF.CF.O=C([O-])CF.[H+]. The fourth-order valence-corrected chi connectivity index (χ4v) is 0. The summed E-state index contributed by atoms with van der Waals surface area (Å²) < 4.78 is 30.2. The second-order valence-corrected chi connectivity index (χ2v) is 0.773. The number of alkyl halides is 3. The van der Waals surface area contributed by atoms with Crippen LogP contribution in [-0.2, 0) is 4.79 Å². The van der Waals surface area contributed by atoms with Crippen LogP contribution in [0.15, 0.2) is 0 Å². The van der Waals surface area contributed by atoms with Crippen molar-refractivity contribution in [2.45, 2.75) is 6.92 Å². The molecular formula is C5H11F3O2. The van der Waals surface area contributed by atoms with Crippen LogP contribution >= 0.6 is 0 Å². The molecule has 0 atom stereocenters. The molecule has 0 bridgehead atoms. The number of halogens is 3. The van der Waals surface area contributed by atoms with Gasteiger partial charge in [-0.1, -0.05) is 0 Å². The Morgan fingerprint density at radius 3 is 1.60 bits per heavy atom. The van der Waals surface area contributed by atoms with Gasteiger partial charge in [0.25, 0.3) is 0 Å². The fourth-order valence-electron chi connectivity index (χ4n) is 0. The molecule has 0 unspecified atom stereocenters. The minimum atomic E-state index is -1.66. The maximum atomic E-state index is 10.5. The van der Waals surface area contributed by atoms with Gasteiger partial charge in [0.1, 0.15) is 6.67 Å². The number of rotatable bonds is 1. The summed E-state index contributed by atoms with van der Waals surface area (Å²) in [7, 11) is 0.500. The molecule has 0 heterocycles. The van der Waals surface area contributed by atoms with Gasteiger partial charge in [0, 0.05) is 0 Å². The highest BCUT2D eigenvalue weighted by Crippen LogP contribution is 1.54. The topological polar surface area (TPSA) is 40.1 Å². The molecule has 0 N–H and O–H groups in total. The highest BCUT2D eigenvalue weighted by atomic mass is 19.1. The quantitative estimate of drug-likeness (QED) is 0.556. The zero-order valence-electron chi connectivity index (χ0n) is 6.86. The molecule has 10 heavy (non-hydrogen) atoms. The van der Waals surface area contributed by atoms with Crippen molar-refractivity contribution in [3.05, 3.63) is 0 Å². The van der Waals surface area contributed by atoms with Gasteiger partial charge in [-0.25, -0.2) is 4.39 Å². The number of aliphatic carboxylic acids is 1. The van der Waals surface area contributed by atoms with Crippen molar-refractivity contribution in [2.75, 3.05) is 20.5 Å². The molecule has 0 rings (SSSR count). The summed E-state index contributed by atoms with van der Waals surface area (Å²) in [6, 6.07) is 0. The van der Waals surface area contributed by atoms with E-state index in [4.69, 9.17) is 9.90 Å². The molecule has 2 nitrogen and oxygen atoms in total. The summed E-state index contributed by atoms with van der Waals surface area (Å²) in [4.78, 5) is 8.88. The van der Waals surface area contributed by atoms with E-state index in [1.165, 1.54) is 6.92 Å². The summed E-state index contributed by atoms with van der Waals surface area (Å²) in [6.45, 7) is -0.181. The van der Waals surface area contributed by atoms with Crippen LogP contribution in [-0.4, -0.2) is 26.5 Å². The van der Waals surface area contributed by atoms with Gasteiger partial charge < -0.3 is 9.90 Å². The minimum Gasteiger partial charge on any atom is -0.547 e. The highest BCUT2D eigenvalue weighted by Gasteiger charge is 1.70. The van der Waals surface area contributed by atoms with Crippen molar-refractivity contribution in [3.8, 4) is 0 Å². The first-order chi connectivity index (χ1) is 4.68. The zero-order valence-corrected chi connectivity index (χ0v) is 5.86. The second-order valence-electron chi connectivity index (χ2n) is 0.773. The van der Waals surface area contributed by atoms with Crippen molar-refractivity contribution in [3.63, 3.8) is 0 Å². The van der Waals surface area contributed by atoms with Crippen molar-refractivity contribution in [2.24, 2.45) is 0 Å². The van der Waals surface area contributed by atoms with E-state index < -0.39 is 12.6 Å². The van der Waals surface area contributed by atoms with E-state index in [1.807, 2.05) is 0 Å². The number of carboxylic acid groups (broad SMARTS) is 1. The Labute approximate surface area is 59.1 Å². The molecule has 0 radical (unpaired) electrons. The van der Waals surface area contributed by atoms with Crippen LogP contribution in [0, 0.1) is 0 Å². The van der Waals surface area contributed by atoms with E-state index in [9.17, 15) is 13.2 Å². The van der Waals surface area contributed by atoms with E-state index in [0.29, 0.717) is 7.18 Å². The molecule has 0 saturated heterocycles. The summed E-state index contributed by atoms with van der Waals surface area (Å²) in [5.41, 5.74) is 0. The van der Waals surface area contributed by atoms with Crippen LogP contribution in [0.25, 0.3) is 0 Å². The van der Waals surface area contributed by atoms with Crippen molar-refractivity contribution >= 4 is 5.97 Å². The fraction of sp³-hybridized carbons (Fsp3) is 0.800. The van der Waals surface area contributed by atoms with Gasteiger partial charge in [0.2, 0.25) is 0 Å². The molecule has 0 aliphatic rings. The van der Waals surface area contributed by atoms with E-state index in [2.05, 4.69) is 0 Å². The number of carboxylic acids is 1. The first kappa shape index (κ1) is 16.1. The van der Waals surface area contributed by atoms with Crippen LogP contribution in [0.5, 0.6) is 0 Å². The molecule has 5 heteroatoms. The lowest BCUT2D eigenvalue weighted by atomic mass is 10.8. The van der Waals surface area contributed by atoms with E-state index >= 15 is 0 Å².